The lowest BCUT2D eigenvalue weighted by Gasteiger charge is -2.21. The smallest absolute Gasteiger partial charge is 0.240 e. The largest absolute Gasteiger partial charge is 0.497 e. The lowest BCUT2D eigenvalue weighted by Crippen LogP contribution is -2.31. The standard InChI is InChI=1S/C21H22N2O3S/c1-26-19-14-12-18(13-15-19)23-21(17-8-4-2-5-9-17)16-22-27(24,25)20-10-6-3-7-11-20/h2-15,21-23H,16H2,1H3/t21-/m1/s1. The van der Waals surface area contributed by atoms with Crippen LogP contribution in [0.4, 0.5) is 5.69 Å². The predicted molar refractivity (Wildman–Crippen MR) is 107 cm³/mol. The highest BCUT2D eigenvalue weighted by molar-refractivity contribution is 7.89. The average molecular weight is 382 g/mol. The minimum Gasteiger partial charge on any atom is -0.497 e. The summed E-state index contributed by atoms with van der Waals surface area (Å²) in [6.07, 6.45) is 0. The third kappa shape index (κ3) is 5.09. The van der Waals surface area contributed by atoms with Gasteiger partial charge in [0.05, 0.1) is 18.0 Å². The average Bonchev–Trinajstić information content (AvgIpc) is 2.73. The van der Waals surface area contributed by atoms with E-state index in [9.17, 15) is 8.42 Å². The first kappa shape index (κ1) is 18.9. The molecule has 0 aliphatic heterocycles. The van der Waals surface area contributed by atoms with Crippen LogP contribution in [-0.2, 0) is 10.0 Å². The van der Waals surface area contributed by atoms with Crippen LogP contribution >= 0.6 is 0 Å². The summed E-state index contributed by atoms with van der Waals surface area (Å²) in [4.78, 5) is 0.251. The van der Waals surface area contributed by atoms with E-state index < -0.39 is 10.0 Å². The molecule has 3 aromatic rings. The van der Waals surface area contributed by atoms with E-state index in [0.717, 1.165) is 17.0 Å². The Hall–Kier alpha value is -2.83. The highest BCUT2D eigenvalue weighted by atomic mass is 32.2. The van der Waals surface area contributed by atoms with E-state index in [4.69, 9.17) is 4.74 Å². The van der Waals surface area contributed by atoms with E-state index in [1.165, 1.54) is 0 Å². The first-order chi connectivity index (χ1) is 13.1. The van der Waals surface area contributed by atoms with Crippen LogP contribution in [-0.4, -0.2) is 22.1 Å². The van der Waals surface area contributed by atoms with E-state index >= 15 is 0 Å². The summed E-state index contributed by atoms with van der Waals surface area (Å²) < 4.78 is 33.0. The zero-order valence-electron chi connectivity index (χ0n) is 15.0. The highest BCUT2D eigenvalue weighted by Crippen LogP contribution is 2.22. The van der Waals surface area contributed by atoms with E-state index in [-0.39, 0.29) is 17.5 Å². The van der Waals surface area contributed by atoms with Gasteiger partial charge in [0.1, 0.15) is 5.75 Å². The first-order valence-electron chi connectivity index (χ1n) is 8.59. The number of ether oxygens (including phenoxy) is 1. The summed E-state index contributed by atoms with van der Waals surface area (Å²) in [6.45, 7) is 0.216. The maximum absolute atomic E-state index is 12.5. The number of nitrogens with one attached hydrogen (secondary N) is 2. The molecule has 0 saturated heterocycles. The number of rotatable bonds is 8. The van der Waals surface area contributed by atoms with Crippen molar-refractivity contribution in [2.75, 3.05) is 19.0 Å². The van der Waals surface area contributed by atoms with Crippen molar-refractivity contribution >= 4 is 15.7 Å². The minimum atomic E-state index is -3.58. The van der Waals surface area contributed by atoms with Gasteiger partial charge in [-0.25, -0.2) is 13.1 Å². The van der Waals surface area contributed by atoms with Gasteiger partial charge in [0.15, 0.2) is 0 Å². The molecule has 0 spiro atoms. The van der Waals surface area contributed by atoms with Crippen molar-refractivity contribution in [2.24, 2.45) is 0 Å². The molecule has 6 heteroatoms. The fourth-order valence-electron chi connectivity index (χ4n) is 2.70. The molecular formula is C21H22N2O3S. The normalized spacial score (nSPS) is 12.3. The van der Waals surface area contributed by atoms with Crippen LogP contribution in [0.2, 0.25) is 0 Å². The molecule has 3 rings (SSSR count). The van der Waals surface area contributed by atoms with Crippen LogP contribution in [0.25, 0.3) is 0 Å². The molecule has 0 aromatic heterocycles. The molecule has 0 heterocycles. The van der Waals surface area contributed by atoms with Crippen LogP contribution in [0.1, 0.15) is 11.6 Å². The lowest BCUT2D eigenvalue weighted by atomic mass is 10.1. The molecule has 0 aliphatic carbocycles. The van der Waals surface area contributed by atoms with Gasteiger partial charge >= 0.3 is 0 Å². The van der Waals surface area contributed by atoms with E-state index in [1.807, 2.05) is 54.6 Å². The second-order valence-corrected chi connectivity index (χ2v) is 7.77. The summed E-state index contributed by atoms with van der Waals surface area (Å²) in [7, 11) is -1.96. The Morgan fingerprint density at radius 2 is 1.44 bits per heavy atom. The molecule has 0 fully saturated rings. The van der Waals surface area contributed by atoms with Crippen LogP contribution < -0.4 is 14.8 Å². The molecule has 0 radical (unpaired) electrons. The Morgan fingerprint density at radius 1 is 0.852 bits per heavy atom. The number of anilines is 1. The summed E-state index contributed by atoms with van der Waals surface area (Å²) in [5.74, 6) is 0.765. The maximum atomic E-state index is 12.5. The Morgan fingerprint density at radius 3 is 2.04 bits per heavy atom. The minimum absolute atomic E-state index is 0.216. The summed E-state index contributed by atoms with van der Waals surface area (Å²) in [5.41, 5.74) is 1.87. The Balaban J connectivity index is 1.78. The summed E-state index contributed by atoms with van der Waals surface area (Å²) >= 11 is 0. The van der Waals surface area contributed by atoms with E-state index in [1.54, 1.807) is 37.4 Å². The lowest BCUT2D eigenvalue weighted by molar-refractivity contribution is 0.415. The summed E-state index contributed by atoms with van der Waals surface area (Å²) in [6, 6.07) is 25.4. The Labute approximate surface area is 160 Å². The van der Waals surface area contributed by atoms with Crippen molar-refractivity contribution in [1.29, 1.82) is 0 Å². The van der Waals surface area contributed by atoms with Crippen molar-refractivity contribution in [1.82, 2.24) is 4.72 Å². The van der Waals surface area contributed by atoms with Crippen LogP contribution in [0.5, 0.6) is 5.75 Å². The molecule has 1 atom stereocenters. The van der Waals surface area contributed by atoms with Crippen molar-refractivity contribution in [2.45, 2.75) is 10.9 Å². The highest BCUT2D eigenvalue weighted by Gasteiger charge is 2.18. The topological polar surface area (TPSA) is 67.4 Å². The number of hydrogen-bond acceptors (Lipinski definition) is 4. The quantitative estimate of drug-likeness (QED) is 0.621. The Kier molecular flexibility index (Phi) is 6.11. The molecule has 0 bridgehead atoms. The number of hydrogen-bond donors (Lipinski definition) is 2. The van der Waals surface area contributed by atoms with Gasteiger partial charge in [-0.3, -0.25) is 0 Å². The first-order valence-corrected chi connectivity index (χ1v) is 10.1. The molecule has 2 N–H and O–H groups in total. The van der Waals surface area contributed by atoms with E-state index in [2.05, 4.69) is 10.0 Å². The number of methoxy groups -OCH3 is 1. The third-order valence-corrected chi connectivity index (χ3v) is 5.60. The zero-order chi connectivity index (χ0) is 19.1. The summed E-state index contributed by atoms with van der Waals surface area (Å²) in [5, 5.41) is 3.39. The molecule has 0 saturated carbocycles. The second-order valence-electron chi connectivity index (χ2n) is 6.00. The van der Waals surface area contributed by atoms with Gasteiger partial charge < -0.3 is 10.1 Å². The van der Waals surface area contributed by atoms with Gasteiger partial charge in [0, 0.05) is 12.2 Å². The van der Waals surface area contributed by atoms with E-state index in [0.29, 0.717) is 0 Å². The fraction of sp³-hybridized carbons (Fsp3) is 0.143. The zero-order valence-corrected chi connectivity index (χ0v) is 15.8. The van der Waals surface area contributed by atoms with Gasteiger partial charge in [-0.2, -0.15) is 0 Å². The van der Waals surface area contributed by atoms with Crippen LogP contribution in [0, 0.1) is 0 Å². The van der Waals surface area contributed by atoms with Gasteiger partial charge in [-0.1, -0.05) is 48.5 Å². The van der Waals surface area contributed by atoms with Crippen molar-refractivity contribution < 1.29 is 13.2 Å². The maximum Gasteiger partial charge on any atom is 0.240 e. The van der Waals surface area contributed by atoms with Crippen molar-refractivity contribution in [3.8, 4) is 5.75 Å². The SMILES string of the molecule is COc1ccc(N[C@H](CNS(=O)(=O)c2ccccc2)c2ccccc2)cc1. The predicted octanol–water partition coefficient (Wildman–Crippen LogP) is 3.83. The van der Waals surface area contributed by atoms with Crippen molar-refractivity contribution in [3.63, 3.8) is 0 Å². The van der Waals surface area contributed by atoms with Crippen LogP contribution in [0.3, 0.4) is 0 Å². The van der Waals surface area contributed by atoms with Gasteiger partial charge in [-0.15, -0.1) is 0 Å². The monoisotopic (exact) mass is 382 g/mol. The molecule has 27 heavy (non-hydrogen) atoms. The van der Waals surface area contributed by atoms with Gasteiger partial charge in [0.25, 0.3) is 0 Å². The number of benzene rings is 3. The van der Waals surface area contributed by atoms with Gasteiger partial charge in [0.2, 0.25) is 10.0 Å². The Bertz CT molecular complexity index is 944. The molecule has 0 unspecified atom stereocenters. The van der Waals surface area contributed by atoms with Crippen molar-refractivity contribution in [3.05, 3.63) is 90.5 Å². The fourth-order valence-corrected chi connectivity index (χ4v) is 3.77. The molecule has 140 valence electrons. The molecule has 5 nitrogen and oxygen atoms in total. The molecule has 0 aliphatic rings. The number of sulfonamides is 1. The molecular weight excluding hydrogens is 360 g/mol. The van der Waals surface area contributed by atoms with Crippen LogP contribution in [0.15, 0.2) is 89.8 Å². The molecule has 0 amide bonds. The van der Waals surface area contributed by atoms with Gasteiger partial charge in [-0.05, 0) is 42.0 Å². The molecule has 3 aromatic carbocycles. The second kappa shape index (κ2) is 8.70. The third-order valence-electron chi connectivity index (χ3n) is 4.16.